The van der Waals surface area contributed by atoms with Crippen molar-refractivity contribution < 1.29 is 10.2 Å². The van der Waals surface area contributed by atoms with Crippen molar-refractivity contribution in [3.63, 3.8) is 0 Å². The molecule has 0 aromatic heterocycles. The highest BCUT2D eigenvalue weighted by Gasteiger charge is 2.27. The lowest BCUT2D eigenvalue weighted by Gasteiger charge is -2.28. The number of hydrogen-bond acceptors (Lipinski definition) is 2. The van der Waals surface area contributed by atoms with Crippen LogP contribution >= 0.6 is 0 Å². The van der Waals surface area contributed by atoms with E-state index in [1.807, 2.05) is 146 Å². The zero-order valence-electron chi connectivity index (χ0n) is 27.3. The molecule has 2 N–H and O–H groups in total. The van der Waals surface area contributed by atoms with Crippen LogP contribution in [0.2, 0.25) is 0 Å². The Balaban J connectivity index is 1.52. The predicted octanol–water partition coefficient (Wildman–Crippen LogP) is 9.02. The minimum atomic E-state index is -0.639. The van der Waals surface area contributed by atoms with E-state index in [0.717, 1.165) is 33.4 Å². The van der Waals surface area contributed by atoms with Crippen molar-refractivity contribution in [2.24, 2.45) is 0 Å². The van der Waals surface area contributed by atoms with Crippen LogP contribution in [0.15, 0.2) is 146 Å². The van der Waals surface area contributed by atoms with Gasteiger partial charge in [0.15, 0.2) is 0 Å². The highest BCUT2D eigenvalue weighted by Crippen LogP contribution is 2.38. The molecule has 6 aromatic carbocycles. The third-order valence-corrected chi connectivity index (χ3v) is 8.12. The molecule has 0 unspecified atom stereocenters. The molecule has 6 rings (SSSR count). The maximum atomic E-state index is 11.4. The molecule has 0 aliphatic heterocycles. The second-order valence-electron chi connectivity index (χ2n) is 11.9. The van der Waals surface area contributed by atoms with E-state index in [9.17, 15) is 10.2 Å². The van der Waals surface area contributed by atoms with Crippen molar-refractivity contribution in [2.75, 3.05) is 0 Å². The van der Waals surface area contributed by atoms with Gasteiger partial charge >= 0.3 is 0 Å². The minimum absolute atomic E-state index is 0.0287. The Kier molecular flexibility index (Phi) is 9.65. The SMILES string of the molecule is CC(C)(c1cc(C#Cc2ccccc2)c(O)c(C#Cc2ccccc2)c1)c1cc(C#Cc2ccccc2)c(O)c(C#Cc2ccccc2)c1. The summed E-state index contributed by atoms with van der Waals surface area (Å²) >= 11 is 0. The molecule has 0 spiro atoms. The first kappa shape index (κ1) is 32.1. The molecule has 2 nitrogen and oxygen atoms in total. The fourth-order valence-electron chi connectivity index (χ4n) is 5.18. The van der Waals surface area contributed by atoms with E-state index in [2.05, 4.69) is 61.2 Å². The van der Waals surface area contributed by atoms with Crippen LogP contribution in [0.5, 0.6) is 11.5 Å². The van der Waals surface area contributed by atoms with E-state index >= 15 is 0 Å². The molecule has 0 amide bonds. The number of phenolic OH excluding ortho intramolecular Hbond substituents is 2. The fourth-order valence-corrected chi connectivity index (χ4v) is 5.18. The summed E-state index contributed by atoms with van der Waals surface area (Å²) in [7, 11) is 0. The molecule has 0 radical (unpaired) electrons. The molecule has 6 aromatic rings. The van der Waals surface area contributed by atoms with Crippen molar-refractivity contribution in [1.29, 1.82) is 0 Å². The Hall–Kier alpha value is -6.84. The Morgan fingerprint density at radius 1 is 0.347 bits per heavy atom. The van der Waals surface area contributed by atoms with Crippen LogP contribution in [0.25, 0.3) is 0 Å². The Morgan fingerprint density at radius 2 is 0.571 bits per heavy atom. The number of benzene rings is 6. The number of aromatic hydroxyl groups is 2. The van der Waals surface area contributed by atoms with Crippen LogP contribution in [0, 0.1) is 47.4 Å². The average Bonchev–Trinajstić information content (AvgIpc) is 3.14. The second kappa shape index (κ2) is 14.7. The summed E-state index contributed by atoms with van der Waals surface area (Å²) in [5, 5.41) is 22.8. The summed E-state index contributed by atoms with van der Waals surface area (Å²) in [6.45, 7) is 4.19. The van der Waals surface area contributed by atoms with Gasteiger partial charge in [-0.1, -0.05) is 134 Å². The monoisotopic (exact) mass is 628 g/mol. The van der Waals surface area contributed by atoms with Crippen molar-refractivity contribution in [3.8, 4) is 58.9 Å². The van der Waals surface area contributed by atoms with Gasteiger partial charge in [0.2, 0.25) is 0 Å². The summed E-state index contributed by atoms with van der Waals surface area (Å²) in [5.74, 6) is 25.5. The van der Waals surface area contributed by atoms with Gasteiger partial charge in [-0.2, -0.15) is 0 Å². The summed E-state index contributed by atoms with van der Waals surface area (Å²) in [6.07, 6.45) is 0. The van der Waals surface area contributed by atoms with Gasteiger partial charge in [-0.3, -0.25) is 0 Å². The normalized spacial score (nSPS) is 10.2. The molecule has 0 saturated heterocycles. The zero-order chi connectivity index (χ0) is 34.1. The van der Waals surface area contributed by atoms with Gasteiger partial charge in [-0.05, 0) is 83.9 Å². The average molecular weight is 629 g/mol. The van der Waals surface area contributed by atoms with E-state index < -0.39 is 5.41 Å². The van der Waals surface area contributed by atoms with Gasteiger partial charge in [0.05, 0.1) is 22.3 Å². The summed E-state index contributed by atoms with van der Waals surface area (Å²) in [4.78, 5) is 0. The van der Waals surface area contributed by atoms with Gasteiger partial charge in [0.1, 0.15) is 11.5 Å². The van der Waals surface area contributed by atoms with Crippen LogP contribution in [-0.4, -0.2) is 10.2 Å². The van der Waals surface area contributed by atoms with E-state index in [0.29, 0.717) is 22.3 Å². The van der Waals surface area contributed by atoms with Gasteiger partial charge in [-0.25, -0.2) is 0 Å². The number of rotatable bonds is 2. The van der Waals surface area contributed by atoms with Crippen molar-refractivity contribution >= 4 is 0 Å². The highest BCUT2D eigenvalue weighted by atomic mass is 16.3. The zero-order valence-corrected chi connectivity index (χ0v) is 27.3. The van der Waals surface area contributed by atoms with Crippen molar-refractivity contribution in [1.82, 2.24) is 0 Å². The molecule has 0 saturated carbocycles. The minimum Gasteiger partial charge on any atom is -0.505 e. The molecule has 0 heterocycles. The molecular formula is C47H32O2. The maximum absolute atomic E-state index is 11.4. The van der Waals surface area contributed by atoms with Crippen LogP contribution in [0.3, 0.4) is 0 Å². The molecule has 0 atom stereocenters. The van der Waals surface area contributed by atoms with E-state index in [4.69, 9.17) is 0 Å². The Morgan fingerprint density at radius 3 is 0.796 bits per heavy atom. The lowest BCUT2D eigenvalue weighted by Crippen LogP contribution is -2.20. The van der Waals surface area contributed by atoms with Crippen LogP contribution in [-0.2, 0) is 5.41 Å². The standard InChI is InChI=1S/C47H32O2/c1-47(2,43-31-39(27-23-35-15-7-3-8-16-35)45(48)40(32-43)28-24-36-17-9-4-10-18-36)44-33-41(29-25-37-19-11-5-12-20-37)46(49)42(34-44)30-26-38-21-13-6-14-22-38/h3-22,31-34,48-49H,1-2H3. The van der Waals surface area contributed by atoms with Gasteiger partial charge in [0, 0.05) is 27.7 Å². The number of phenols is 2. The van der Waals surface area contributed by atoms with Crippen molar-refractivity contribution in [3.05, 3.63) is 201 Å². The van der Waals surface area contributed by atoms with E-state index in [1.165, 1.54) is 0 Å². The fraction of sp³-hybridized carbons (Fsp3) is 0.0638. The Labute approximate surface area is 288 Å². The van der Waals surface area contributed by atoms with E-state index in [-0.39, 0.29) is 11.5 Å². The highest BCUT2D eigenvalue weighted by molar-refractivity contribution is 5.65. The smallest absolute Gasteiger partial charge is 0.146 e. The first-order chi connectivity index (χ1) is 23.9. The second-order valence-corrected chi connectivity index (χ2v) is 11.9. The summed E-state index contributed by atoms with van der Waals surface area (Å²) < 4.78 is 0. The first-order valence-corrected chi connectivity index (χ1v) is 15.9. The molecular weight excluding hydrogens is 597 g/mol. The van der Waals surface area contributed by atoms with Gasteiger partial charge < -0.3 is 10.2 Å². The molecule has 232 valence electrons. The maximum Gasteiger partial charge on any atom is 0.146 e. The summed E-state index contributed by atoms with van der Waals surface area (Å²) in [6, 6.07) is 46.3. The molecule has 0 aliphatic carbocycles. The third-order valence-electron chi connectivity index (χ3n) is 8.12. The lowest BCUT2D eigenvalue weighted by molar-refractivity contribution is 0.470. The van der Waals surface area contributed by atoms with Crippen LogP contribution in [0.1, 0.15) is 69.5 Å². The van der Waals surface area contributed by atoms with Gasteiger partial charge in [0.25, 0.3) is 0 Å². The number of hydrogen-bond donors (Lipinski definition) is 2. The quantitative estimate of drug-likeness (QED) is 0.188. The van der Waals surface area contributed by atoms with Crippen LogP contribution in [0.4, 0.5) is 0 Å². The largest absolute Gasteiger partial charge is 0.505 e. The molecule has 0 bridgehead atoms. The van der Waals surface area contributed by atoms with Crippen molar-refractivity contribution in [2.45, 2.75) is 19.3 Å². The molecule has 2 heteroatoms. The molecule has 0 fully saturated rings. The molecule has 49 heavy (non-hydrogen) atoms. The first-order valence-electron chi connectivity index (χ1n) is 15.9. The summed E-state index contributed by atoms with van der Waals surface area (Å²) in [5.41, 5.74) is 6.37. The third kappa shape index (κ3) is 7.94. The predicted molar refractivity (Wildman–Crippen MR) is 198 cm³/mol. The topological polar surface area (TPSA) is 40.5 Å². The van der Waals surface area contributed by atoms with Crippen LogP contribution < -0.4 is 0 Å². The molecule has 0 aliphatic rings. The lowest BCUT2D eigenvalue weighted by atomic mass is 9.76. The van der Waals surface area contributed by atoms with Gasteiger partial charge in [-0.15, -0.1) is 0 Å². The Bertz CT molecular complexity index is 2030. The van der Waals surface area contributed by atoms with E-state index in [1.54, 1.807) is 0 Å².